The van der Waals surface area contributed by atoms with Gasteiger partial charge in [-0.3, -0.25) is 4.79 Å². The van der Waals surface area contributed by atoms with E-state index >= 15 is 0 Å². The zero-order valence-corrected chi connectivity index (χ0v) is 17.4. The van der Waals surface area contributed by atoms with Crippen LogP contribution in [-0.2, 0) is 4.79 Å². The highest BCUT2D eigenvalue weighted by Crippen LogP contribution is 2.44. The van der Waals surface area contributed by atoms with Crippen molar-refractivity contribution in [1.29, 1.82) is 0 Å². The van der Waals surface area contributed by atoms with Crippen molar-refractivity contribution in [2.24, 2.45) is 10.9 Å². The molecule has 1 fully saturated rings. The topological polar surface area (TPSA) is 93.5 Å². The first-order valence-corrected chi connectivity index (χ1v) is 10.3. The van der Waals surface area contributed by atoms with Gasteiger partial charge in [-0.05, 0) is 33.2 Å². The number of hydrogen-bond donors (Lipinski definition) is 0. The summed E-state index contributed by atoms with van der Waals surface area (Å²) in [6, 6.07) is 0. The minimum atomic E-state index is -0.323. The molecule has 8 nitrogen and oxygen atoms in total. The van der Waals surface area contributed by atoms with Crippen LogP contribution in [0.1, 0.15) is 36.6 Å². The van der Waals surface area contributed by atoms with E-state index in [4.69, 9.17) is 9.72 Å². The van der Waals surface area contributed by atoms with Crippen molar-refractivity contribution in [3.63, 3.8) is 0 Å². The van der Waals surface area contributed by atoms with Crippen LogP contribution in [0.15, 0.2) is 23.0 Å². The second-order valence-electron chi connectivity index (χ2n) is 8.17. The van der Waals surface area contributed by atoms with Gasteiger partial charge < -0.3 is 9.64 Å². The van der Waals surface area contributed by atoms with E-state index in [1.807, 2.05) is 13.0 Å². The summed E-state index contributed by atoms with van der Waals surface area (Å²) in [5.74, 6) is 0.805. The maximum atomic E-state index is 12.8. The van der Waals surface area contributed by atoms with E-state index in [2.05, 4.69) is 38.0 Å². The molecule has 0 aromatic carbocycles. The third-order valence-electron chi connectivity index (χ3n) is 6.00. The number of aromatic nitrogens is 4. The molecule has 1 saturated carbocycles. The maximum absolute atomic E-state index is 12.8. The number of aryl methyl sites for hydroxylation is 1. The molecule has 1 unspecified atom stereocenters. The predicted molar refractivity (Wildman–Crippen MR) is 110 cm³/mol. The fourth-order valence-electron chi connectivity index (χ4n) is 4.12. The smallest absolute Gasteiger partial charge is 0.258 e. The molecule has 4 heterocycles. The standard InChI is InChI=1S/C22H24N6O2/c1-12-15-10-16(13-6-8-28(2)9-7-13)21(29)27-19(15)26-20(25-12)17-18(14-4-5-14)23-11-24-22(17)30-3/h6,10-11,14,16H,4-5,7-9H2,1-3H3. The quantitative estimate of drug-likeness (QED) is 0.700. The molecule has 0 saturated heterocycles. The maximum Gasteiger partial charge on any atom is 0.258 e. The normalized spacial score (nSPS) is 21.4. The van der Waals surface area contributed by atoms with E-state index in [9.17, 15) is 4.79 Å². The van der Waals surface area contributed by atoms with Gasteiger partial charge in [-0.2, -0.15) is 4.99 Å². The molecule has 3 aliphatic rings. The van der Waals surface area contributed by atoms with E-state index in [1.54, 1.807) is 7.11 Å². The molecule has 1 aliphatic carbocycles. The lowest BCUT2D eigenvalue weighted by molar-refractivity contribution is -0.119. The molecule has 5 rings (SSSR count). The highest BCUT2D eigenvalue weighted by atomic mass is 16.5. The molecule has 1 atom stereocenters. The second-order valence-corrected chi connectivity index (χ2v) is 8.17. The molecule has 2 aromatic heterocycles. The molecule has 1 amide bonds. The summed E-state index contributed by atoms with van der Waals surface area (Å²) >= 11 is 0. The Morgan fingerprint density at radius 1 is 1.20 bits per heavy atom. The minimum absolute atomic E-state index is 0.166. The molecule has 154 valence electrons. The van der Waals surface area contributed by atoms with Crippen molar-refractivity contribution in [3.8, 4) is 17.3 Å². The summed E-state index contributed by atoms with van der Waals surface area (Å²) in [6.07, 6.45) is 8.67. The summed E-state index contributed by atoms with van der Waals surface area (Å²) in [4.78, 5) is 37.6. The minimum Gasteiger partial charge on any atom is -0.480 e. The molecule has 8 heteroatoms. The van der Waals surface area contributed by atoms with Gasteiger partial charge in [-0.1, -0.05) is 17.7 Å². The van der Waals surface area contributed by atoms with Gasteiger partial charge in [0.25, 0.3) is 5.91 Å². The average molecular weight is 404 g/mol. The van der Waals surface area contributed by atoms with Gasteiger partial charge in [-0.25, -0.2) is 19.9 Å². The lowest BCUT2D eigenvalue weighted by Crippen LogP contribution is -2.40. The Balaban J connectivity index is 1.63. The Bertz CT molecular complexity index is 1180. The first-order valence-electron chi connectivity index (χ1n) is 10.3. The summed E-state index contributed by atoms with van der Waals surface area (Å²) < 4.78 is 5.48. The van der Waals surface area contributed by atoms with E-state index < -0.39 is 0 Å². The van der Waals surface area contributed by atoms with Crippen molar-refractivity contribution in [3.05, 3.63) is 40.1 Å². The Labute approximate surface area is 174 Å². The SMILES string of the molecule is COc1ncnc(C2CC2)c1-c1nc(C)c2c(n1)=NC(=O)C(C1=CCN(C)CC1)C=2. The number of nitrogens with zero attached hydrogens (tertiary/aromatic N) is 6. The van der Waals surface area contributed by atoms with Gasteiger partial charge in [0.05, 0.1) is 24.4 Å². The summed E-state index contributed by atoms with van der Waals surface area (Å²) in [5.41, 5.74) is 3.94. The van der Waals surface area contributed by atoms with Gasteiger partial charge in [0.1, 0.15) is 11.9 Å². The summed E-state index contributed by atoms with van der Waals surface area (Å²) in [6.45, 7) is 3.73. The monoisotopic (exact) mass is 404 g/mol. The fourth-order valence-corrected chi connectivity index (χ4v) is 4.12. The number of ether oxygens (including phenoxy) is 1. The van der Waals surface area contributed by atoms with E-state index in [-0.39, 0.29) is 11.8 Å². The Hall–Kier alpha value is -3.00. The third-order valence-corrected chi connectivity index (χ3v) is 6.00. The molecular weight excluding hydrogens is 380 g/mol. The van der Waals surface area contributed by atoms with Crippen molar-refractivity contribution in [2.45, 2.75) is 32.1 Å². The predicted octanol–water partition coefficient (Wildman–Crippen LogP) is 0.946. The van der Waals surface area contributed by atoms with E-state index in [0.29, 0.717) is 28.7 Å². The molecule has 30 heavy (non-hydrogen) atoms. The molecular formula is C22H24N6O2. The zero-order valence-electron chi connectivity index (χ0n) is 17.4. The number of carbonyl (C=O) groups excluding carboxylic acids is 1. The van der Waals surface area contributed by atoms with Crippen molar-refractivity contribution < 1.29 is 9.53 Å². The lowest BCUT2D eigenvalue weighted by Gasteiger charge is -2.25. The fraction of sp³-hybridized carbons (Fsp3) is 0.455. The van der Waals surface area contributed by atoms with Crippen molar-refractivity contribution >= 4 is 12.0 Å². The summed E-state index contributed by atoms with van der Waals surface area (Å²) in [5, 5.41) is 0.826. The van der Waals surface area contributed by atoms with E-state index in [0.717, 1.165) is 54.5 Å². The number of likely N-dealkylation sites (N-methyl/N-ethyl adjacent to an activating group) is 1. The van der Waals surface area contributed by atoms with Gasteiger partial charge >= 0.3 is 0 Å². The average Bonchev–Trinajstić information content (AvgIpc) is 3.59. The summed E-state index contributed by atoms with van der Waals surface area (Å²) in [7, 11) is 3.66. The Kier molecular flexibility index (Phi) is 4.66. The number of rotatable bonds is 4. The van der Waals surface area contributed by atoms with Gasteiger partial charge in [-0.15, -0.1) is 0 Å². The van der Waals surface area contributed by atoms with Crippen LogP contribution in [0.4, 0.5) is 0 Å². The first-order chi connectivity index (χ1) is 14.5. The van der Waals surface area contributed by atoms with Crippen LogP contribution < -0.4 is 15.4 Å². The van der Waals surface area contributed by atoms with Gasteiger partial charge in [0, 0.05) is 24.2 Å². The highest BCUT2D eigenvalue weighted by molar-refractivity contribution is 5.89. The zero-order chi connectivity index (χ0) is 20.8. The Morgan fingerprint density at radius 2 is 2.03 bits per heavy atom. The van der Waals surface area contributed by atoms with Crippen LogP contribution in [0.3, 0.4) is 0 Å². The van der Waals surface area contributed by atoms with Crippen LogP contribution >= 0.6 is 0 Å². The van der Waals surface area contributed by atoms with Crippen LogP contribution in [0, 0.1) is 12.8 Å². The largest absolute Gasteiger partial charge is 0.480 e. The molecule has 2 aromatic rings. The molecule has 0 N–H and O–H groups in total. The van der Waals surface area contributed by atoms with Crippen LogP contribution in [0.2, 0.25) is 0 Å². The molecule has 0 spiro atoms. The number of carbonyl (C=O) groups is 1. The van der Waals surface area contributed by atoms with Crippen LogP contribution in [0.5, 0.6) is 5.88 Å². The molecule has 0 bridgehead atoms. The number of amides is 1. The third kappa shape index (κ3) is 3.31. The van der Waals surface area contributed by atoms with E-state index in [1.165, 1.54) is 6.33 Å². The first kappa shape index (κ1) is 19.0. The van der Waals surface area contributed by atoms with Crippen molar-refractivity contribution in [1.82, 2.24) is 24.8 Å². The van der Waals surface area contributed by atoms with Gasteiger partial charge in [0.2, 0.25) is 5.88 Å². The lowest BCUT2D eigenvalue weighted by atomic mass is 9.91. The number of hydrogen-bond acceptors (Lipinski definition) is 7. The van der Waals surface area contributed by atoms with Crippen LogP contribution in [-0.4, -0.2) is 58.0 Å². The molecule has 2 aliphatic heterocycles. The van der Waals surface area contributed by atoms with Crippen LogP contribution in [0.25, 0.3) is 17.5 Å². The highest BCUT2D eigenvalue weighted by Gasteiger charge is 2.32. The number of fused-ring (bicyclic) bond motifs is 1. The number of methoxy groups -OCH3 is 1. The Morgan fingerprint density at radius 3 is 2.73 bits per heavy atom. The van der Waals surface area contributed by atoms with Crippen molar-refractivity contribution in [2.75, 3.05) is 27.2 Å². The van der Waals surface area contributed by atoms with Gasteiger partial charge in [0.15, 0.2) is 11.3 Å². The second kappa shape index (κ2) is 7.36. The molecule has 0 radical (unpaired) electrons.